The predicted octanol–water partition coefficient (Wildman–Crippen LogP) is 1.83. The Bertz CT molecular complexity index is 839. The van der Waals surface area contributed by atoms with Crippen LogP contribution in [0.15, 0.2) is 18.2 Å². The molecule has 1 N–H and O–H groups in total. The number of fused-ring (bicyclic) bond motifs is 2. The van der Waals surface area contributed by atoms with Crippen LogP contribution in [0, 0.1) is 23.2 Å². The molecule has 6 nitrogen and oxygen atoms in total. The molecule has 4 saturated heterocycles. The number of aliphatic hydroxyl groups excluding tert-OH is 1. The standard InChI is InChI=1S/C18H17ClN2O4/c1-17-7-12(22)18(25-17)4-5-24-16-14(18)13(17)15(23)21(16)10-2-3-11(19)9(6-10)8-20/h2-3,6,12-14,16,22H,4-5,7H2,1H3/t12-,13+,14-,16-,17+,18-/m0/s1. The highest BCUT2D eigenvalue weighted by Crippen LogP contribution is 2.65. The highest BCUT2D eigenvalue weighted by molar-refractivity contribution is 6.31. The fourth-order valence-corrected chi connectivity index (χ4v) is 5.58. The van der Waals surface area contributed by atoms with Gasteiger partial charge < -0.3 is 14.6 Å². The summed E-state index contributed by atoms with van der Waals surface area (Å²) in [5.41, 5.74) is -0.469. The van der Waals surface area contributed by atoms with Gasteiger partial charge in [0.1, 0.15) is 17.9 Å². The number of carbonyl (C=O) groups excluding carboxylic acids is 1. The Hall–Kier alpha value is -1.65. The van der Waals surface area contributed by atoms with Crippen LogP contribution < -0.4 is 4.90 Å². The number of rotatable bonds is 1. The van der Waals surface area contributed by atoms with E-state index in [0.717, 1.165) is 0 Å². The summed E-state index contributed by atoms with van der Waals surface area (Å²) < 4.78 is 12.2. The summed E-state index contributed by atoms with van der Waals surface area (Å²) in [6.45, 7) is 2.33. The van der Waals surface area contributed by atoms with Crippen LogP contribution in [0.2, 0.25) is 5.02 Å². The molecule has 25 heavy (non-hydrogen) atoms. The van der Waals surface area contributed by atoms with Gasteiger partial charge in [0.2, 0.25) is 5.91 Å². The van der Waals surface area contributed by atoms with Crippen molar-refractivity contribution < 1.29 is 19.4 Å². The lowest BCUT2D eigenvalue weighted by Gasteiger charge is -2.43. The number of aliphatic hydroxyl groups is 1. The molecule has 4 aliphatic rings. The summed E-state index contributed by atoms with van der Waals surface area (Å²) >= 11 is 6.03. The third kappa shape index (κ3) is 1.72. The molecule has 4 fully saturated rings. The second-order valence-electron chi connectivity index (χ2n) is 7.59. The third-order valence-corrected chi connectivity index (χ3v) is 6.69. The topological polar surface area (TPSA) is 82.8 Å². The Morgan fingerprint density at radius 1 is 1.48 bits per heavy atom. The van der Waals surface area contributed by atoms with Gasteiger partial charge in [-0.2, -0.15) is 5.26 Å². The molecule has 0 unspecified atom stereocenters. The van der Waals surface area contributed by atoms with Crippen molar-refractivity contribution in [2.75, 3.05) is 11.5 Å². The first-order valence-corrected chi connectivity index (χ1v) is 8.82. The predicted molar refractivity (Wildman–Crippen MR) is 87.8 cm³/mol. The van der Waals surface area contributed by atoms with Crippen molar-refractivity contribution >= 4 is 23.2 Å². The molecule has 2 bridgehead atoms. The van der Waals surface area contributed by atoms with E-state index in [2.05, 4.69) is 0 Å². The normalized spacial score (nSPS) is 44.1. The van der Waals surface area contributed by atoms with Gasteiger partial charge in [0.05, 0.1) is 40.7 Å². The fraction of sp³-hybridized carbons (Fsp3) is 0.556. The lowest BCUT2D eigenvalue weighted by atomic mass is 9.65. The number of benzene rings is 1. The van der Waals surface area contributed by atoms with E-state index in [9.17, 15) is 15.2 Å². The lowest BCUT2D eigenvalue weighted by molar-refractivity contribution is -0.163. The number of halogens is 1. The number of nitriles is 1. The fourth-order valence-electron chi connectivity index (χ4n) is 5.42. The van der Waals surface area contributed by atoms with Crippen LogP contribution in [0.1, 0.15) is 25.3 Å². The molecule has 7 heteroatoms. The molecule has 0 aromatic heterocycles. The molecule has 6 atom stereocenters. The third-order valence-electron chi connectivity index (χ3n) is 6.36. The maximum absolute atomic E-state index is 13.3. The zero-order valence-corrected chi connectivity index (χ0v) is 14.4. The van der Waals surface area contributed by atoms with Crippen LogP contribution in [0.5, 0.6) is 0 Å². The number of hydrogen-bond acceptors (Lipinski definition) is 5. The van der Waals surface area contributed by atoms with Gasteiger partial charge in [0.25, 0.3) is 0 Å². The molecule has 4 heterocycles. The average molecular weight is 361 g/mol. The van der Waals surface area contributed by atoms with Crippen LogP contribution in [0.4, 0.5) is 5.69 Å². The van der Waals surface area contributed by atoms with Gasteiger partial charge in [-0.3, -0.25) is 9.69 Å². The molecule has 1 aromatic carbocycles. The number of hydrogen-bond donors (Lipinski definition) is 1. The van der Waals surface area contributed by atoms with Gasteiger partial charge in [-0.25, -0.2) is 0 Å². The van der Waals surface area contributed by atoms with Crippen LogP contribution in [-0.4, -0.2) is 41.2 Å². The highest BCUT2D eigenvalue weighted by atomic mass is 35.5. The maximum atomic E-state index is 13.3. The van der Waals surface area contributed by atoms with E-state index < -0.39 is 23.5 Å². The van der Waals surface area contributed by atoms with E-state index in [1.165, 1.54) is 0 Å². The Morgan fingerprint density at radius 3 is 3.04 bits per heavy atom. The minimum atomic E-state index is -0.711. The first-order chi connectivity index (χ1) is 11.9. The van der Waals surface area contributed by atoms with Gasteiger partial charge >= 0.3 is 0 Å². The summed E-state index contributed by atoms with van der Waals surface area (Å²) in [5, 5.41) is 20.2. The summed E-state index contributed by atoms with van der Waals surface area (Å²) in [4.78, 5) is 14.9. The summed E-state index contributed by atoms with van der Waals surface area (Å²) in [6.07, 6.45) is -0.0227. The second-order valence-corrected chi connectivity index (χ2v) is 8.00. The molecular formula is C18H17ClN2O4. The van der Waals surface area contributed by atoms with Gasteiger partial charge in [-0.15, -0.1) is 0 Å². The van der Waals surface area contributed by atoms with Crippen molar-refractivity contribution in [2.45, 2.75) is 43.3 Å². The van der Waals surface area contributed by atoms with Crippen molar-refractivity contribution in [3.8, 4) is 6.07 Å². The summed E-state index contributed by atoms with van der Waals surface area (Å²) in [7, 11) is 0. The smallest absolute Gasteiger partial charge is 0.235 e. The molecule has 0 radical (unpaired) electrons. The molecule has 0 saturated carbocycles. The lowest BCUT2D eigenvalue weighted by Crippen LogP contribution is -2.56. The SMILES string of the molecule is C[C@@]12C[C@H](O)[C@]3(CCO[C@H]4[C@@H]3[C@@H]1C(=O)N4c1ccc(Cl)c(C#N)c1)O2. The number of carbonyl (C=O) groups is 1. The minimum Gasteiger partial charge on any atom is -0.390 e. The summed E-state index contributed by atoms with van der Waals surface area (Å²) in [6, 6.07) is 7.02. The zero-order valence-electron chi connectivity index (χ0n) is 13.6. The number of amides is 1. The molecule has 1 aromatic rings. The Labute approximate surface area is 149 Å². The number of nitrogens with zero attached hydrogens (tertiary/aromatic N) is 2. The minimum absolute atomic E-state index is 0.0700. The highest BCUT2D eigenvalue weighted by Gasteiger charge is 2.78. The first-order valence-electron chi connectivity index (χ1n) is 8.44. The van der Waals surface area contributed by atoms with Gasteiger partial charge in [0.15, 0.2) is 0 Å². The number of anilines is 1. The maximum Gasteiger partial charge on any atom is 0.235 e. The molecular weight excluding hydrogens is 344 g/mol. The van der Waals surface area contributed by atoms with E-state index in [-0.39, 0.29) is 17.7 Å². The van der Waals surface area contributed by atoms with Crippen LogP contribution in [0.25, 0.3) is 0 Å². The van der Waals surface area contributed by atoms with Crippen LogP contribution in [0.3, 0.4) is 0 Å². The molecule has 4 aliphatic heterocycles. The van der Waals surface area contributed by atoms with Crippen molar-refractivity contribution in [3.05, 3.63) is 28.8 Å². The van der Waals surface area contributed by atoms with Crippen LogP contribution >= 0.6 is 11.6 Å². The summed E-state index contributed by atoms with van der Waals surface area (Å²) in [5.74, 6) is -0.620. The monoisotopic (exact) mass is 360 g/mol. The molecule has 5 rings (SSSR count). The van der Waals surface area contributed by atoms with Crippen LogP contribution in [-0.2, 0) is 14.3 Å². The van der Waals surface area contributed by atoms with E-state index in [1.54, 1.807) is 23.1 Å². The van der Waals surface area contributed by atoms with Crippen molar-refractivity contribution in [3.63, 3.8) is 0 Å². The number of ether oxygens (including phenoxy) is 2. The molecule has 1 spiro atoms. The average Bonchev–Trinajstić information content (AvgIpc) is 3.12. The van der Waals surface area contributed by atoms with E-state index >= 15 is 0 Å². The van der Waals surface area contributed by atoms with Gasteiger partial charge in [-0.05, 0) is 25.1 Å². The van der Waals surface area contributed by atoms with E-state index in [0.29, 0.717) is 35.7 Å². The Morgan fingerprint density at radius 2 is 2.28 bits per heavy atom. The Kier molecular flexibility index (Phi) is 2.96. The zero-order chi connectivity index (χ0) is 17.6. The largest absolute Gasteiger partial charge is 0.390 e. The van der Waals surface area contributed by atoms with Crippen molar-refractivity contribution in [2.24, 2.45) is 11.8 Å². The molecule has 1 amide bonds. The van der Waals surface area contributed by atoms with Crippen molar-refractivity contribution in [1.82, 2.24) is 0 Å². The quantitative estimate of drug-likeness (QED) is 0.826. The van der Waals surface area contributed by atoms with E-state index in [4.69, 9.17) is 21.1 Å². The van der Waals surface area contributed by atoms with Gasteiger partial charge in [-0.1, -0.05) is 11.6 Å². The Balaban J connectivity index is 1.63. The van der Waals surface area contributed by atoms with E-state index in [1.807, 2.05) is 13.0 Å². The molecule has 0 aliphatic carbocycles. The second kappa shape index (κ2) is 4.74. The molecule has 130 valence electrons. The first kappa shape index (κ1) is 15.6. The van der Waals surface area contributed by atoms with Gasteiger partial charge in [0, 0.05) is 18.5 Å². The van der Waals surface area contributed by atoms with Crippen molar-refractivity contribution in [1.29, 1.82) is 5.26 Å².